The molecule has 1 heterocycles. The number of hydrogen-bond acceptors (Lipinski definition) is 5. The minimum atomic E-state index is -0.875. The number of aliphatic hydroxyl groups excluding tert-OH is 1. The summed E-state index contributed by atoms with van der Waals surface area (Å²) in [5.74, 6) is -1.28. The van der Waals surface area contributed by atoms with E-state index >= 15 is 0 Å². The van der Waals surface area contributed by atoms with Crippen molar-refractivity contribution in [2.24, 2.45) is 5.73 Å². The Morgan fingerprint density at radius 3 is 2.19 bits per heavy atom. The Labute approximate surface area is 219 Å². The fraction of sp³-hybridized carbons (Fsp3) is 0.367. The highest BCUT2D eigenvalue weighted by atomic mass is 16.3. The Balaban J connectivity index is 2.02. The van der Waals surface area contributed by atoms with Gasteiger partial charge < -0.3 is 21.1 Å². The van der Waals surface area contributed by atoms with Gasteiger partial charge in [-0.05, 0) is 60.2 Å². The first-order valence-corrected chi connectivity index (χ1v) is 13.0. The molecule has 0 saturated carbocycles. The largest absolute Gasteiger partial charge is 0.391 e. The maximum Gasteiger partial charge on any atom is 0.254 e. The summed E-state index contributed by atoms with van der Waals surface area (Å²) < 4.78 is 0. The second-order valence-corrected chi connectivity index (χ2v) is 9.27. The van der Waals surface area contributed by atoms with E-state index in [0.29, 0.717) is 37.2 Å². The number of carbonyl (C=O) groups excluding carboxylic acids is 2. The highest BCUT2D eigenvalue weighted by molar-refractivity contribution is 6.02. The molecule has 1 aromatic heterocycles. The Kier molecular flexibility index (Phi) is 10.8. The average molecular weight is 503 g/mol. The minimum absolute atomic E-state index is 0.142. The van der Waals surface area contributed by atoms with Gasteiger partial charge in [-0.2, -0.15) is 0 Å². The lowest BCUT2D eigenvalue weighted by Crippen LogP contribution is -2.37. The van der Waals surface area contributed by atoms with E-state index in [4.69, 9.17) is 5.73 Å². The lowest BCUT2D eigenvalue weighted by Gasteiger charge is -2.29. The quantitative estimate of drug-likeness (QED) is 0.310. The van der Waals surface area contributed by atoms with Gasteiger partial charge in [0.25, 0.3) is 5.91 Å². The van der Waals surface area contributed by atoms with Crippen LogP contribution in [-0.2, 0) is 13.0 Å². The summed E-state index contributed by atoms with van der Waals surface area (Å²) in [6.07, 6.45) is 4.68. The second-order valence-electron chi connectivity index (χ2n) is 9.27. The monoisotopic (exact) mass is 502 g/mol. The number of aliphatic hydroxyl groups is 1. The molecular formula is C30H38N4O3. The number of pyridine rings is 1. The van der Waals surface area contributed by atoms with Crippen LogP contribution >= 0.6 is 0 Å². The molecule has 0 radical (unpaired) electrons. The van der Waals surface area contributed by atoms with Crippen LogP contribution in [0.1, 0.15) is 70.0 Å². The highest BCUT2D eigenvalue weighted by Crippen LogP contribution is 2.32. The molecule has 37 heavy (non-hydrogen) atoms. The summed E-state index contributed by atoms with van der Waals surface area (Å²) in [6, 6.07) is 18.7. The fourth-order valence-electron chi connectivity index (χ4n) is 4.70. The molecule has 196 valence electrons. The summed E-state index contributed by atoms with van der Waals surface area (Å²) >= 11 is 0. The molecule has 0 aliphatic heterocycles. The zero-order valence-corrected chi connectivity index (χ0v) is 21.8. The lowest BCUT2D eigenvalue weighted by atomic mass is 9.81. The molecule has 3 rings (SSSR count). The molecule has 2 amide bonds. The van der Waals surface area contributed by atoms with E-state index in [1.54, 1.807) is 30.6 Å². The SMILES string of the molecule is CCCN(CCC)C(=O)c1cccc(C(N)=O)c1[C@H](Cc1ccccc1)[C@@H](O)CNCc1ccncc1. The Morgan fingerprint density at radius 1 is 0.919 bits per heavy atom. The van der Waals surface area contributed by atoms with E-state index in [2.05, 4.69) is 10.3 Å². The van der Waals surface area contributed by atoms with Gasteiger partial charge in [0.2, 0.25) is 5.91 Å². The van der Waals surface area contributed by atoms with Crippen LogP contribution in [0.4, 0.5) is 0 Å². The predicted molar refractivity (Wildman–Crippen MR) is 146 cm³/mol. The molecule has 0 bridgehead atoms. The maximum atomic E-state index is 13.8. The molecular weight excluding hydrogens is 464 g/mol. The number of benzene rings is 2. The number of rotatable bonds is 14. The predicted octanol–water partition coefficient (Wildman–Crippen LogP) is 3.92. The first-order chi connectivity index (χ1) is 18.0. The van der Waals surface area contributed by atoms with Crippen molar-refractivity contribution >= 4 is 11.8 Å². The number of nitrogens with zero attached hydrogens (tertiary/aromatic N) is 2. The lowest BCUT2D eigenvalue weighted by molar-refractivity contribution is 0.0751. The zero-order valence-electron chi connectivity index (χ0n) is 21.8. The van der Waals surface area contributed by atoms with Gasteiger partial charge in [0, 0.05) is 55.6 Å². The Hall–Kier alpha value is -3.55. The number of nitrogens with one attached hydrogen (secondary N) is 1. The van der Waals surface area contributed by atoms with Gasteiger partial charge in [0.05, 0.1) is 6.10 Å². The molecule has 0 saturated heterocycles. The molecule has 3 aromatic rings. The maximum absolute atomic E-state index is 13.8. The van der Waals surface area contributed by atoms with Crippen molar-refractivity contribution < 1.29 is 14.7 Å². The topological polar surface area (TPSA) is 109 Å². The van der Waals surface area contributed by atoms with E-state index in [0.717, 1.165) is 24.0 Å². The number of aromatic nitrogens is 1. The Bertz CT molecular complexity index is 1130. The van der Waals surface area contributed by atoms with Crippen molar-refractivity contribution in [2.45, 2.75) is 51.7 Å². The van der Waals surface area contributed by atoms with Crippen molar-refractivity contribution in [3.8, 4) is 0 Å². The van der Waals surface area contributed by atoms with Gasteiger partial charge in [-0.25, -0.2) is 0 Å². The van der Waals surface area contributed by atoms with Crippen molar-refractivity contribution in [1.29, 1.82) is 0 Å². The standard InChI is InChI=1S/C30H38N4O3/c1-3-17-34(18-4-2)30(37)25-12-8-11-24(29(31)36)28(25)26(19-22-9-6-5-7-10-22)27(35)21-33-20-23-13-15-32-16-14-23/h5-16,26-27,33,35H,3-4,17-21H2,1-2H3,(H2,31,36)/t26-,27+/m1/s1. The molecule has 0 fully saturated rings. The van der Waals surface area contributed by atoms with Crippen LogP contribution < -0.4 is 11.1 Å². The molecule has 7 heteroatoms. The van der Waals surface area contributed by atoms with Gasteiger partial charge in [-0.3, -0.25) is 14.6 Å². The van der Waals surface area contributed by atoms with Crippen LogP contribution in [0.5, 0.6) is 0 Å². The van der Waals surface area contributed by atoms with Crippen LogP contribution in [0, 0.1) is 0 Å². The molecule has 4 N–H and O–H groups in total. The van der Waals surface area contributed by atoms with E-state index in [9.17, 15) is 14.7 Å². The molecule has 7 nitrogen and oxygen atoms in total. The smallest absolute Gasteiger partial charge is 0.254 e. The van der Waals surface area contributed by atoms with E-state index < -0.39 is 17.9 Å². The van der Waals surface area contributed by atoms with Crippen LogP contribution in [-0.4, -0.2) is 52.5 Å². The van der Waals surface area contributed by atoms with Crippen LogP contribution in [0.2, 0.25) is 0 Å². The zero-order chi connectivity index (χ0) is 26.6. The van der Waals surface area contributed by atoms with Gasteiger partial charge >= 0.3 is 0 Å². The second kappa shape index (κ2) is 14.3. The highest BCUT2D eigenvalue weighted by Gasteiger charge is 2.31. The van der Waals surface area contributed by atoms with Crippen molar-refractivity contribution in [1.82, 2.24) is 15.2 Å². The minimum Gasteiger partial charge on any atom is -0.391 e. The van der Waals surface area contributed by atoms with E-state index in [1.165, 1.54) is 0 Å². The summed E-state index contributed by atoms with van der Waals surface area (Å²) in [7, 11) is 0. The summed E-state index contributed by atoms with van der Waals surface area (Å²) in [5.41, 5.74) is 9.07. The third-order valence-corrected chi connectivity index (χ3v) is 6.44. The normalized spacial score (nSPS) is 12.6. The first-order valence-electron chi connectivity index (χ1n) is 13.0. The third-order valence-electron chi connectivity index (χ3n) is 6.44. The number of amides is 2. The third kappa shape index (κ3) is 7.71. The molecule has 0 aliphatic carbocycles. The number of carbonyl (C=O) groups is 2. The average Bonchev–Trinajstić information content (AvgIpc) is 2.92. The van der Waals surface area contributed by atoms with Gasteiger partial charge in [-0.15, -0.1) is 0 Å². The van der Waals surface area contributed by atoms with Gasteiger partial charge in [0.1, 0.15) is 0 Å². The molecule has 0 aliphatic rings. The van der Waals surface area contributed by atoms with E-state index in [1.807, 2.05) is 61.2 Å². The van der Waals surface area contributed by atoms with E-state index in [-0.39, 0.29) is 18.0 Å². The molecule has 2 aromatic carbocycles. The van der Waals surface area contributed by atoms with Crippen LogP contribution in [0.3, 0.4) is 0 Å². The number of primary amides is 1. The van der Waals surface area contributed by atoms with Crippen molar-refractivity contribution in [3.05, 3.63) is 101 Å². The Morgan fingerprint density at radius 2 is 1.57 bits per heavy atom. The molecule has 2 atom stereocenters. The molecule has 0 unspecified atom stereocenters. The summed E-state index contributed by atoms with van der Waals surface area (Å²) in [4.78, 5) is 32.2. The first kappa shape index (κ1) is 28.0. The van der Waals surface area contributed by atoms with Gasteiger partial charge in [-0.1, -0.05) is 50.2 Å². The summed E-state index contributed by atoms with van der Waals surface area (Å²) in [6.45, 7) is 6.13. The summed E-state index contributed by atoms with van der Waals surface area (Å²) in [5, 5.41) is 14.8. The molecule has 0 spiro atoms. The number of hydrogen-bond donors (Lipinski definition) is 3. The van der Waals surface area contributed by atoms with Crippen molar-refractivity contribution in [3.63, 3.8) is 0 Å². The van der Waals surface area contributed by atoms with Crippen LogP contribution in [0.15, 0.2) is 73.1 Å². The van der Waals surface area contributed by atoms with Gasteiger partial charge in [0.15, 0.2) is 0 Å². The fourth-order valence-corrected chi connectivity index (χ4v) is 4.70. The number of nitrogens with two attached hydrogens (primary N) is 1. The van der Waals surface area contributed by atoms with Crippen LogP contribution in [0.25, 0.3) is 0 Å². The van der Waals surface area contributed by atoms with Crippen molar-refractivity contribution in [2.75, 3.05) is 19.6 Å².